The highest BCUT2D eigenvalue weighted by atomic mass is 32.2. The van der Waals surface area contributed by atoms with Crippen molar-refractivity contribution in [3.63, 3.8) is 0 Å². The van der Waals surface area contributed by atoms with Gasteiger partial charge in [-0.2, -0.15) is 0 Å². The average Bonchev–Trinajstić information content (AvgIpc) is 3.49. The van der Waals surface area contributed by atoms with Crippen LogP contribution in [0.2, 0.25) is 0 Å². The van der Waals surface area contributed by atoms with Gasteiger partial charge in [0.25, 0.3) is 21.8 Å². The van der Waals surface area contributed by atoms with E-state index in [1.54, 1.807) is 0 Å². The Bertz CT molecular complexity index is 1110. The van der Waals surface area contributed by atoms with Crippen molar-refractivity contribution in [1.29, 1.82) is 0 Å². The Hall–Kier alpha value is -2.87. The first-order valence-corrected chi connectivity index (χ1v) is 10.7. The Morgan fingerprint density at radius 3 is 2.68 bits per heavy atom. The van der Waals surface area contributed by atoms with Gasteiger partial charge in [0.1, 0.15) is 10.6 Å². The molecule has 0 aromatic heterocycles. The SMILES string of the molecule is O=C(N[C@@H]1CCOc2ccccc21)c1ccc2c(c1)S(=O)(=O)N(C1CC1)C2=O. The van der Waals surface area contributed by atoms with Crippen molar-refractivity contribution in [2.24, 2.45) is 0 Å². The topological polar surface area (TPSA) is 92.8 Å². The van der Waals surface area contributed by atoms with Gasteiger partial charge in [-0.05, 0) is 37.1 Å². The first-order valence-electron chi connectivity index (χ1n) is 9.22. The van der Waals surface area contributed by atoms with Crippen molar-refractivity contribution in [3.8, 4) is 5.75 Å². The normalized spacial score (nSPS) is 22.2. The molecular weight excluding hydrogens is 380 g/mol. The standard InChI is InChI=1S/C20H18N2O5S/c23-19(21-16-9-10-27-17-4-2-1-3-14(16)17)12-5-8-15-18(11-12)28(25,26)22(20(15)24)13-6-7-13/h1-5,8,11,13,16H,6-7,9-10H2,(H,21,23)/t16-/m1/s1. The molecule has 1 aliphatic carbocycles. The van der Waals surface area contributed by atoms with Crippen LogP contribution in [-0.2, 0) is 10.0 Å². The van der Waals surface area contributed by atoms with Crippen LogP contribution in [0, 0.1) is 0 Å². The number of amides is 2. The second-order valence-corrected chi connectivity index (χ2v) is 9.03. The van der Waals surface area contributed by atoms with Crippen LogP contribution in [0.3, 0.4) is 0 Å². The molecule has 2 amide bonds. The van der Waals surface area contributed by atoms with Crippen molar-refractivity contribution in [2.75, 3.05) is 6.61 Å². The summed E-state index contributed by atoms with van der Waals surface area (Å²) in [6, 6.07) is 11.3. The van der Waals surface area contributed by atoms with Gasteiger partial charge in [-0.3, -0.25) is 9.59 Å². The molecule has 2 aromatic rings. The van der Waals surface area contributed by atoms with Crippen molar-refractivity contribution >= 4 is 21.8 Å². The zero-order chi connectivity index (χ0) is 19.5. The summed E-state index contributed by atoms with van der Waals surface area (Å²) in [6.45, 7) is 0.491. The summed E-state index contributed by atoms with van der Waals surface area (Å²) in [6.07, 6.45) is 2.00. The highest BCUT2D eigenvalue weighted by Crippen LogP contribution is 2.40. The molecule has 2 aliphatic heterocycles. The van der Waals surface area contributed by atoms with E-state index in [9.17, 15) is 18.0 Å². The van der Waals surface area contributed by atoms with Crippen LogP contribution in [0.4, 0.5) is 0 Å². The summed E-state index contributed by atoms with van der Waals surface area (Å²) in [5, 5.41) is 2.96. The fourth-order valence-corrected chi connectivity index (χ4v) is 5.63. The van der Waals surface area contributed by atoms with Gasteiger partial charge in [0, 0.05) is 23.6 Å². The van der Waals surface area contributed by atoms with Crippen molar-refractivity contribution in [1.82, 2.24) is 9.62 Å². The minimum Gasteiger partial charge on any atom is -0.493 e. The van der Waals surface area contributed by atoms with Crippen LogP contribution in [-0.4, -0.2) is 37.2 Å². The van der Waals surface area contributed by atoms with E-state index < -0.39 is 15.9 Å². The Morgan fingerprint density at radius 2 is 1.89 bits per heavy atom. The van der Waals surface area contributed by atoms with Crippen LogP contribution in [0.25, 0.3) is 0 Å². The van der Waals surface area contributed by atoms with Gasteiger partial charge >= 0.3 is 0 Å². The van der Waals surface area contributed by atoms with E-state index in [0.717, 1.165) is 15.6 Å². The second kappa shape index (κ2) is 6.07. The molecule has 1 atom stereocenters. The number of hydrogen-bond acceptors (Lipinski definition) is 5. The number of sulfonamides is 1. The van der Waals surface area contributed by atoms with Crippen LogP contribution in [0.5, 0.6) is 5.75 Å². The Morgan fingerprint density at radius 1 is 1.11 bits per heavy atom. The molecule has 28 heavy (non-hydrogen) atoms. The molecule has 1 N–H and O–H groups in total. The number of rotatable bonds is 3. The van der Waals surface area contributed by atoms with Crippen molar-refractivity contribution < 1.29 is 22.7 Å². The molecule has 144 valence electrons. The lowest BCUT2D eigenvalue weighted by Crippen LogP contribution is -2.32. The smallest absolute Gasteiger partial charge is 0.269 e. The van der Waals surface area contributed by atoms with E-state index in [1.807, 2.05) is 24.3 Å². The van der Waals surface area contributed by atoms with Crippen LogP contribution in [0.15, 0.2) is 47.4 Å². The first-order chi connectivity index (χ1) is 13.5. The molecule has 1 saturated carbocycles. The zero-order valence-corrected chi connectivity index (χ0v) is 15.7. The largest absolute Gasteiger partial charge is 0.493 e. The van der Waals surface area contributed by atoms with E-state index in [0.29, 0.717) is 25.9 Å². The molecule has 0 unspecified atom stereocenters. The number of nitrogens with one attached hydrogen (secondary N) is 1. The highest BCUT2D eigenvalue weighted by Gasteiger charge is 2.48. The first kappa shape index (κ1) is 17.2. The molecular formula is C20H18N2O5S. The molecule has 0 spiro atoms. The van der Waals surface area contributed by atoms with Crippen molar-refractivity contribution in [2.45, 2.75) is 36.2 Å². The number of carbonyl (C=O) groups is 2. The lowest BCUT2D eigenvalue weighted by Gasteiger charge is -2.26. The second-order valence-electron chi connectivity index (χ2n) is 7.25. The molecule has 2 heterocycles. The molecule has 1 fully saturated rings. The van der Waals surface area contributed by atoms with E-state index in [-0.39, 0.29) is 34.0 Å². The summed E-state index contributed by atoms with van der Waals surface area (Å²) in [4.78, 5) is 25.2. The lowest BCUT2D eigenvalue weighted by atomic mass is 10.00. The number of para-hydroxylation sites is 1. The van der Waals surface area contributed by atoms with Gasteiger partial charge in [0.2, 0.25) is 0 Å². The molecule has 3 aliphatic rings. The summed E-state index contributed by atoms with van der Waals surface area (Å²) in [7, 11) is -3.89. The number of ether oxygens (including phenoxy) is 1. The third-order valence-corrected chi connectivity index (χ3v) is 7.23. The highest BCUT2D eigenvalue weighted by molar-refractivity contribution is 7.90. The Labute approximate surface area is 162 Å². The number of carbonyl (C=O) groups excluding carboxylic acids is 2. The predicted molar refractivity (Wildman–Crippen MR) is 99.6 cm³/mol. The van der Waals surface area contributed by atoms with E-state index in [1.165, 1.54) is 18.2 Å². The minimum absolute atomic E-state index is 0.0792. The Kier molecular flexibility index (Phi) is 3.74. The summed E-state index contributed by atoms with van der Waals surface area (Å²) in [5.41, 5.74) is 1.25. The average molecular weight is 398 g/mol. The van der Waals surface area contributed by atoms with Gasteiger partial charge in [-0.1, -0.05) is 18.2 Å². The van der Waals surface area contributed by atoms with E-state index in [2.05, 4.69) is 5.32 Å². The fraction of sp³-hybridized carbons (Fsp3) is 0.300. The maximum Gasteiger partial charge on any atom is 0.269 e. The van der Waals surface area contributed by atoms with E-state index in [4.69, 9.17) is 4.74 Å². The van der Waals surface area contributed by atoms with Crippen LogP contribution >= 0.6 is 0 Å². The molecule has 8 heteroatoms. The number of fused-ring (bicyclic) bond motifs is 2. The van der Waals surface area contributed by atoms with Crippen LogP contribution in [0.1, 0.15) is 51.6 Å². The minimum atomic E-state index is -3.89. The van der Waals surface area contributed by atoms with Gasteiger partial charge in [0.05, 0.1) is 18.2 Å². The third-order valence-electron chi connectivity index (χ3n) is 5.35. The Balaban J connectivity index is 1.44. The summed E-state index contributed by atoms with van der Waals surface area (Å²) in [5.74, 6) is -0.138. The predicted octanol–water partition coefficient (Wildman–Crippen LogP) is 2.25. The molecule has 7 nitrogen and oxygen atoms in total. The van der Waals surface area contributed by atoms with Gasteiger partial charge in [-0.15, -0.1) is 0 Å². The quantitative estimate of drug-likeness (QED) is 0.856. The number of hydrogen-bond donors (Lipinski definition) is 1. The van der Waals surface area contributed by atoms with Gasteiger partial charge < -0.3 is 10.1 Å². The number of benzene rings is 2. The molecule has 0 saturated heterocycles. The molecule has 5 rings (SSSR count). The van der Waals surface area contributed by atoms with Crippen LogP contribution < -0.4 is 10.1 Å². The van der Waals surface area contributed by atoms with Gasteiger partial charge in [-0.25, -0.2) is 12.7 Å². The summed E-state index contributed by atoms with van der Waals surface area (Å²) < 4.78 is 32.1. The van der Waals surface area contributed by atoms with Gasteiger partial charge in [0.15, 0.2) is 0 Å². The molecule has 2 aromatic carbocycles. The summed E-state index contributed by atoms with van der Waals surface area (Å²) >= 11 is 0. The van der Waals surface area contributed by atoms with E-state index >= 15 is 0 Å². The maximum atomic E-state index is 12.8. The lowest BCUT2D eigenvalue weighted by molar-refractivity contribution is 0.0862. The fourth-order valence-electron chi connectivity index (χ4n) is 3.79. The monoisotopic (exact) mass is 398 g/mol. The number of nitrogens with zero attached hydrogens (tertiary/aromatic N) is 1. The molecule has 0 radical (unpaired) electrons. The maximum absolute atomic E-state index is 12.8. The van der Waals surface area contributed by atoms with Crippen molar-refractivity contribution in [3.05, 3.63) is 59.2 Å². The third kappa shape index (κ3) is 2.59. The molecule has 0 bridgehead atoms. The zero-order valence-electron chi connectivity index (χ0n) is 14.9.